The second-order valence-electron chi connectivity index (χ2n) is 5.69. The van der Waals surface area contributed by atoms with Gasteiger partial charge in [0.2, 0.25) is 0 Å². The van der Waals surface area contributed by atoms with Crippen molar-refractivity contribution >= 4 is 11.6 Å². The lowest BCUT2D eigenvalue weighted by molar-refractivity contribution is -0.120. The average molecular weight is 235 g/mol. The lowest BCUT2D eigenvalue weighted by Gasteiger charge is -2.34. The van der Waals surface area contributed by atoms with Crippen molar-refractivity contribution in [2.45, 2.75) is 52.9 Å². The molecule has 0 atom stereocenters. The molecule has 0 unspecified atom stereocenters. The van der Waals surface area contributed by atoms with Gasteiger partial charge >= 0.3 is 0 Å². The average Bonchev–Trinajstić information content (AvgIpc) is 2.26. The summed E-state index contributed by atoms with van der Waals surface area (Å²) >= 11 is 0. The monoisotopic (exact) mass is 235 g/mol. The SMILES string of the molecule is CC(C)(C)C1CCC(=NNC(=O)CC#N)CC1. The van der Waals surface area contributed by atoms with Crippen LogP contribution in [0.1, 0.15) is 52.9 Å². The molecule has 1 aliphatic carbocycles. The van der Waals surface area contributed by atoms with E-state index >= 15 is 0 Å². The summed E-state index contributed by atoms with van der Waals surface area (Å²) in [5.41, 5.74) is 3.84. The maximum atomic E-state index is 11.1. The van der Waals surface area contributed by atoms with E-state index in [0.717, 1.165) is 37.3 Å². The molecule has 1 aliphatic rings. The number of hydrazone groups is 1. The molecule has 4 nitrogen and oxygen atoms in total. The number of amides is 1. The summed E-state index contributed by atoms with van der Waals surface area (Å²) < 4.78 is 0. The number of nitrogens with zero attached hydrogens (tertiary/aromatic N) is 2. The highest BCUT2D eigenvalue weighted by molar-refractivity contribution is 5.87. The zero-order valence-corrected chi connectivity index (χ0v) is 10.9. The Morgan fingerprint density at radius 2 is 2.06 bits per heavy atom. The standard InChI is InChI=1S/C13H21N3O/c1-13(2,3)10-4-6-11(7-5-10)15-16-12(17)8-9-14/h10H,4-8H2,1-3H3,(H,16,17). The van der Waals surface area contributed by atoms with Gasteiger partial charge < -0.3 is 0 Å². The Kier molecular flexibility index (Phi) is 4.68. The molecular weight excluding hydrogens is 214 g/mol. The minimum absolute atomic E-state index is 0.124. The van der Waals surface area contributed by atoms with Crippen LogP contribution in [-0.2, 0) is 4.79 Å². The summed E-state index contributed by atoms with van der Waals surface area (Å²) in [7, 11) is 0. The van der Waals surface area contributed by atoms with Gasteiger partial charge in [0.25, 0.3) is 5.91 Å². The molecule has 1 N–H and O–H groups in total. The fourth-order valence-electron chi connectivity index (χ4n) is 2.18. The van der Waals surface area contributed by atoms with E-state index in [-0.39, 0.29) is 12.3 Å². The van der Waals surface area contributed by atoms with E-state index in [9.17, 15) is 4.79 Å². The number of carbonyl (C=O) groups is 1. The summed E-state index contributed by atoms with van der Waals surface area (Å²) in [5, 5.41) is 12.4. The Bertz CT molecular complexity index is 337. The summed E-state index contributed by atoms with van der Waals surface area (Å²) in [4.78, 5) is 11.1. The fourth-order valence-corrected chi connectivity index (χ4v) is 2.18. The van der Waals surface area contributed by atoms with Crippen molar-refractivity contribution in [3.63, 3.8) is 0 Å². The Morgan fingerprint density at radius 1 is 1.47 bits per heavy atom. The molecule has 0 aromatic rings. The number of hydrogen-bond donors (Lipinski definition) is 1. The van der Waals surface area contributed by atoms with E-state index < -0.39 is 0 Å². The van der Waals surface area contributed by atoms with Crippen LogP contribution in [0.2, 0.25) is 0 Å². The van der Waals surface area contributed by atoms with Gasteiger partial charge in [0, 0.05) is 5.71 Å². The maximum Gasteiger partial charge on any atom is 0.254 e. The summed E-state index contributed by atoms with van der Waals surface area (Å²) in [6, 6.07) is 1.80. The zero-order valence-electron chi connectivity index (χ0n) is 10.9. The molecule has 1 rings (SSSR count). The van der Waals surface area contributed by atoms with Crippen molar-refractivity contribution in [2.75, 3.05) is 0 Å². The molecule has 4 heteroatoms. The molecule has 1 fully saturated rings. The highest BCUT2D eigenvalue weighted by atomic mass is 16.2. The smallest absolute Gasteiger partial charge is 0.254 e. The predicted octanol–water partition coefficient (Wildman–Crippen LogP) is 2.61. The van der Waals surface area contributed by atoms with Crippen molar-refractivity contribution in [3.8, 4) is 6.07 Å². The highest BCUT2D eigenvalue weighted by Gasteiger charge is 2.27. The Balaban J connectivity index is 2.39. The molecule has 0 heterocycles. The minimum Gasteiger partial charge on any atom is -0.272 e. The van der Waals surface area contributed by atoms with Crippen molar-refractivity contribution < 1.29 is 4.79 Å². The first-order valence-corrected chi connectivity index (χ1v) is 6.14. The molecule has 1 saturated carbocycles. The molecule has 0 aromatic carbocycles. The second-order valence-corrected chi connectivity index (χ2v) is 5.69. The second kappa shape index (κ2) is 5.81. The van der Waals surface area contributed by atoms with E-state index in [1.54, 1.807) is 6.07 Å². The van der Waals surface area contributed by atoms with E-state index in [1.165, 1.54) is 0 Å². The first-order valence-electron chi connectivity index (χ1n) is 6.14. The lowest BCUT2D eigenvalue weighted by Crippen LogP contribution is -2.27. The number of nitrogens with one attached hydrogen (secondary N) is 1. The molecular formula is C13H21N3O. The molecule has 0 spiro atoms. The van der Waals surface area contributed by atoms with Crippen LogP contribution >= 0.6 is 0 Å². The van der Waals surface area contributed by atoms with Crippen molar-refractivity contribution in [1.29, 1.82) is 5.26 Å². The number of carbonyl (C=O) groups excluding carboxylic acids is 1. The van der Waals surface area contributed by atoms with Crippen LogP contribution in [0.15, 0.2) is 5.10 Å². The van der Waals surface area contributed by atoms with Crippen molar-refractivity contribution in [1.82, 2.24) is 5.43 Å². The van der Waals surface area contributed by atoms with Gasteiger partial charge in [0.1, 0.15) is 6.42 Å². The Morgan fingerprint density at radius 3 is 2.53 bits per heavy atom. The van der Waals surface area contributed by atoms with Crippen LogP contribution in [-0.4, -0.2) is 11.6 Å². The number of nitriles is 1. The van der Waals surface area contributed by atoms with Crippen molar-refractivity contribution in [2.24, 2.45) is 16.4 Å². The molecule has 0 radical (unpaired) electrons. The first kappa shape index (κ1) is 13.7. The third-order valence-electron chi connectivity index (χ3n) is 3.37. The molecule has 94 valence electrons. The van der Waals surface area contributed by atoms with Gasteiger partial charge in [0.05, 0.1) is 6.07 Å². The van der Waals surface area contributed by atoms with Crippen LogP contribution in [0.25, 0.3) is 0 Å². The van der Waals surface area contributed by atoms with Gasteiger partial charge in [-0.05, 0) is 37.0 Å². The predicted molar refractivity (Wildman–Crippen MR) is 67.2 cm³/mol. The third-order valence-corrected chi connectivity index (χ3v) is 3.37. The van der Waals surface area contributed by atoms with Gasteiger partial charge in [-0.3, -0.25) is 4.79 Å². The van der Waals surface area contributed by atoms with Gasteiger partial charge in [-0.15, -0.1) is 0 Å². The molecule has 1 amide bonds. The molecule has 0 aromatic heterocycles. The first-order chi connectivity index (χ1) is 7.93. The van der Waals surface area contributed by atoms with E-state index in [0.29, 0.717) is 5.41 Å². The van der Waals surface area contributed by atoms with E-state index in [1.807, 2.05) is 0 Å². The van der Waals surface area contributed by atoms with E-state index in [4.69, 9.17) is 5.26 Å². The van der Waals surface area contributed by atoms with Crippen LogP contribution < -0.4 is 5.43 Å². The van der Waals surface area contributed by atoms with Gasteiger partial charge in [-0.2, -0.15) is 10.4 Å². The van der Waals surface area contributed by atoms with Crippen LogP contribution in [0.4, 0.5) is 0 Å². The number of hydrogen-bond acceptors (Lipinski definition) is 3. The lowest BCUT2D eigenvalue weighted by atomic mass is 9.72. The maximum absolute atomic E-state index is 11.1. The normalized spacial score (nSPS) is 20.6. The number of rotatable bonds is 2. The van der Waals surface area contributed by atoms with E-state index in [2.05, 4.69) is 31.3 Å². The van der Waals surface area contributed by atoms with Gasteiger partial charge in [-0.25, -0.2) is 5.43 Å². The third kappa shape index (κ3) is 4.56. The molecule has 17 heavy (non-hydrogen) atoms. The molecule has 0 bridgehead atoms. The minimum atomic E-state index is -0.321. The van der Waals surface area contributed by atoms with Crippen molar-refractivity contribution in [3.05, 3.63) is 0 Å². The summed E-state index contributed by atoms with van der Waals surface area (Å²) in [6.45, 7) is 6.82. The molecule has 0 aliphatic heterocycles. The topological polar surface area (TPSA) is 65.2 Å². The fraction of sp³-hybridized carbons (Fsp3) is 0.769. The quantitative estimate of drug-likeness (QED) is 0.748. The Labute approximate surface area is 103 Å². The zero-order chi connectivity index (χ0) is 12.9. The van der Waals surface area contributed by atoms with Crippen LogP contribution in [0.5, 0.6) is 0 Å². The van der Waals surface area contributed by atoms with Gasteiger partial charge in [-0.1, -0.05) is 20.8 Å². The van der Waals surface area contributed by atoms with Crippen LogP contribution in [0.3, 0.4) is 0 Å². The largest absolute Gasteiger partial charge is 0.272 e. The van der Waals surface area contributed by atoms with Crippen LogP contribution in [0, 0.1) is 22.7 Å². The summed E-state index contributed by atoms with van der Waals surface area (Å²) in [6.07, 6.45) is 4.05. The summed E-state index contributed by atoms with van der Waals surface area (Å²) in [5.74, 6) is 0.411. The Hall–Kier alpha value is -1.37. The highest BCUT2D eigenvalue weighted by Crippen LogP contribution is 2.36. The van der Waals surface area contributed by atoms with Gasteiger partial charge in [0.15, 0.2) is 0 Å². The molecule has 0 saturated heterocycles.